The number of nitrogens with one attached hydrogen (secondary N) is 1. The maximum atomic E-state index is 14.9. The number of anilines is 4. The van der Waals surface area contributed by atoms with E-state index in [9.17, 15) is 13.6 Å². The number of likely N-dealkylation sites (N-methyl/N-ethyl adjacent to an activating group) is 1. The van der Waals surface area contributed by atoms with Gasteiger partial charge in [0.05, 0.1) is 11.4 Å². The molecule has 0 spiro atoms. The molecule has 4 aliphatic heterocycles. The Hall–Kier alpha value is -4.08. The highest BCUT2D eigenvalue weighted by Gasteiger charge is 2.38. The van der Waals surface area contributed by atoms with Crippen molar-refractivity contribution in [2.45, 2.75) is 25.3 Å². The van der Waals surface area contributed by atoms with Gasteiger partial charge in [-0.25, -0.2) is 18.7 Å². The molecule has 0 radical (unpaired) electrons. The first kappa shape index (κ1) is 27.7. The molecule has 1 N–H and O–H groups in total. The topological polar surface area (TPSA) is 64.6 Å². The molecule has 3 saturated heterocycles. The van der Waals surface area contributed by atoms with Gasteiger partial charge in [0, 0.05) is 54.2 Å². The van der Waals surface area contributed by atoms with E-state index in [0.29, 0.717) is 52.4 Å². The zero-order chi connectivity index (χ0) is 29.7. The Labute approximate surface area is 254 Å². The Morgan fingerprint density at radius 1 is 1.02 bits per heavy atom. The molecule has 1 unspecified atom stereocenters. The van der Waals surface area contributed by atoms with Gasteiger partial charge in [-0.2, -0.15) is 0 Å². The Morgan fingerprint density at radius 2 is 1.77 bits per heavy atom. The number of piperidine rings is 3. The zero-order valence-electron chi connectivity index (χ0n) is 23.7. The lowest BCUT2D eigenvalue weighted by Gasteiger charge is -2.48. The average Bonchev–Trinajstić information content (AvgIpc) is 3.17. The molecule has 3 fully saturated rings. The molecule has 4 aliphatic rings. The maximum absolute atomic E-state index is 14.9. The van der Waals surface area contributed by atoms with Crippen molar-refractivity contribution in [3.05, 3.63) is 94.6 Å². The molecule has 0 aliphatic carbocycles. The van der Waals surface area contributed by atoms with Crippen LogP contribution < -0.4 is 10.2 Å². The number of rotatable bonds is 5. The Morgan fingerprint density at radius 3 is 2.47 bits per heavy atom. The number of halogens is 3. The van der Waals surface area contributed by atoms with Crippen LogP contribution in [0, 0.1) is 17.6 Å². The standard InChI is InChI=1S/C33H31ClF2N6O/c1-40(29-19-41-14-11-20(29)12-15-41)32(43)21-5-8-24(9-6-21)38-33-37-18-22-13-16-42(31-26(35)3-2-4-27(31)36)28-17-23(34)7-10-25(28)30(22)39-33/h2-10,17-18,20,29H,11-16,19H2,1H3,(H,37,38,39). The molecule has 7 nitrogen and oxygen atoms in total. The Balaban J connectivity index is 1.14. The molecular formula is C33H31ClF2N6O. The smallest absolute Gasteiger partial charge is 0.253 e. The van der Waals surface area contributed by atoms with Crippen LogP contribution in [0.25, 0.3) is 11.3 Å². The molecule has 1 amide bonds. The van der Waals surface area contributed by atoms with Gasteiger partial charge in [0.15, 0.2) is 0 Å². The summed E-state index contributed by atoms with van der Waals surface area (Å²) in [4.78, 5) is 28.6. The van der Waals surface area contributed by atoms with Crippen LogP contribution in [0.4, 0.5) is 31.8 Å². The van der Waals surface area contributed by atoms with Gasteiger partial charge < -0.3 is 20.0 Å². The minimum atomic E-state index is -0.651. The number of hydrogen-bond acceptors (Lipinski definition) is 6. The van der Waals surface area contributed by atoms with Gasteiger partial charge in [-0.15, -0.1) is 0 Å². The van der Waals surface area contributed by atoms with Gasteiger partial charge in [-0.05, 0) is 98.4 Å². The molecule has 4 aromatic rings. The van der Waals surface area contributed by atoms with Crippen LogP contribution in [-0.2, 0) is 6.42 Å². The molecule has 43 heavy (non-hydrogen) atoms. The summed E-state index contributed by atoms with van der Waals surface area (Å²) in [5.41, 5.74) is 4.02. The van der Waals surface area contributed by atoms with Crippen molar-refractivity contribution in [1.29, 1.82) is 0 Å². The van der Waals surface area contributed by atoms with Crippen LogP contribution in [0.2, 0.25) is 5.02 Å². The number of nitrogens with zero attached hydrogens (tertiary/aromatic N) is 5. The number of aromatic nitrogens is 2. The van der Waals surface area contributed by atoms with Crippen molar-refractivity contribution >= 4 is 40.5 Å². The molecule has 1 aromatic heterocycles. The number of carbonyl (C=O) groups excluding carboxylic acids is 1. The second kappa shape index (κ2) is 11.2. The van der Waals surface area contributed by atoms with Gasteiger partial charge in [0.1, 0.15) is 17.3 Å². The lowest BCUT2D eigenvalue weighted by Crippen LogP contribution is -2.57. The first-order valence-electron chi connectivity index (χ1n) is 14.6. The summed E-state index contributed by atoms with van der Waals surface area (Å²) in [6, 6.07) is 16.7. The number of para-hydroxylation sites is 1. The van der Waals surface area contributed by atoms with E-state index in [2.05, 4.69) is 15.2 Å². The molecule has 220 valence electrons. The van der Waals surface area contributed by atoms with E-state index in [0.717, 1.165) is 43.7 Å². The highest BCUT2D eigenvalue weighted by molar-refractivity contribution is 6.31. The van der Waals surface area contributed by atoms with E-state index < -0.39 is 11.6 Å². The number of hydrogen-bond donors (Lipinski definition) is 1. The molecule has 5 heterocycles. The summed E-state index contributed by atoms with van der Waals surface area (Å²) in [6.45, 7) is 3.54. The third-order valence-electron chi connectivity index (χ3n) is 9.01. The predicted molar refractivity (Wildman–Crippen MR) is 164 cm³/mol. The van der Waals surface area contributed by atoms with Crippen molar-refractivity contribution in [1.82, 2.24) is 19.8 Å². The lowest BCUT2D eigenvalue weighted by molar-refractivity contribution is 0.0162. The van der Waals surface area contributed by atoms with Crippen molar-refractivity contribution in [2.75, 3.05) is 43.4 Å². The molecule has 10 heteroatoms. The Kier molecular flexibility index (Phi) is 7.23. The van der Waals surface area contributed by atoms with E-state index in [1.165, 1.54) is 18.2 Å². The van der Waals surface area contributed by atoms with Gasteiger partial charge in [-0.3, -0.25) is 4.79 Å². The third kappa shape index (κ3) is 5.21. The fourth-order valence-electron chi connectivity index (χ4n) is 6.70. The van der Waals surface area contributed by atoms with Gasteiger partial charge in [-0.1, -0.05) is 17.7 Å². The van der Waals surface area contributed by atoms with E-state index in [1.807, 2.05) is 42.3 Å². The average molecular weight is 601 g/mol. The van der Waals surface area contributed by atoms with Crippen molar-refractivity contribution in [2.24, 2.45) is 5.92 Å². The predicted octanol–water partition coefficient (Wildman–Crippen LogP) is 6.68. The fourth-order valence-corrected chi connectivity index (χ4v) is 6.86. The van der Waals surface area contributed by atoms with Crippen LogP contribution in [0.3, 0.4) is 0 Å². The number of carbonyl (C=O) groups is 1. The highest BCUT2D eigenvalue weighted by Crippen LogP contribution is 2.42. The largest absolute Gasteiger partial charge is 0.337 e. The minimum absolute atomic E-state index is 0.0256. The first-order chi connectivity index (χ1) is 20.9. The zero-order valence-corrected chi connectivity index (χ0v) is 24.5. The lowest BCUT2D eigenvalue weighted by atomic mass is 9.83. The molecule has 1 atom stereocenters. The summed E-state index contributed by atoms with van der Waals surface area (Å²) in [6.07, 6.45) is 4.52. The molecule has 0 saturated carbocycles. The summed E-state index contributed by atoms with van der Waals surface area (Å²) in [5, 5.41) is 3.69. The summed E-state index contributed by atoms with van der Waals surface area (Å²) in [7, 11) is 1.91. The maximum Gasteiger partial charge on any atom is 0.253 e. The van der Waals surface area contributed by atoms with Crippen LogP contribution in [0.1, 0.15) is 28.8 Å². The molecule has 8 rings (SSSR count). The summed E-state index contributed by atoms with van der Waals surface area (Å²) >= 11 is 6.35. The minimum Gasteiger partial charge on any atom is -0.337 e. The van der Waals surface area contributed by atoms with Crippen molar-refractivity contribution in [3.63, 3.8) is 0 Å². The van der Waals surface area contributed by atoms with Crippen LogP contribution in [-0.4, -0.2) is 64.9 Å². The summed E-state index contributed by atoms with van der Waals surface area (Å²) < 4.78 is 29.7. The van der Waals surface area contributed by atoms with Crippen LogP contribution in [0.15, 0.2) is 66.9 Å². The van der Waals surface area contributed by atoms with E-state index in [4.69, 9.17) is 16.6 Å². The van der Waals surface area contributed by atoms with Gasteiger partial charge in [0.25, 0.3) is 5.91 Å². The number of benzene rings is 3. The van der Waals surface area contributed by atoms with E-state index in [-0.39, 0.29) is 17.6 Å². The normalized spacial score (nSPS) is 20.7. The SMILES string of the molecule is CN(C(=O)c1ccc(Nc2ncc3c(n2)-c2ccc(Cl)cc2N(c2c(F)cccc2F)CC3)cc1)C1CN2CCC1CC2. The van der Waals surface area contributed by atoms with Crippen LogP contribution in [0.5, 0.6) is 0 Å². The second-order valence-electron chi connectivity index (χ2n) is 11.5. The third-order valence-corrected chi connectivity index (χ3v) is 9.24. The second-order valence-corrected chi connectivity index (χ2v) is 12.0. The fraction of sp³-hybridized carbons (Fsp3) is 0.303. The van der Waals surface area contributed by atoms with Crippen molar-refractivity contribution in [3.8, 4) is 11.3 Å². The number of amides is 1. The van der Waals surface area contributed by atoms with Crippen LogP contribution >= 0.6 is 11.6 Å². The molecular weight excluding hydrogens is 570 g/mol. The monoisotopic (exact) mass is 600 g/mol. The van der Waals surface area contributed by atoms with Crippen molar-refractivity contribution < 1.29 is 13.6 Å². The summed E-state index contributed by atoms with van der Waals surface area (Å²) in [5.74, 6) is -0.333. The highest BCUT2D eigenvalue weighted by atomic mass is 35.5. The Bertz CT molecular complexity index is 1670. The quantitative estimate of drug-likeness (QED) is 0.276. The van der Waals surface area contributed by atoms with E-state index >= 15 is 0 Å². The molecule has 2 bridgehead atoms. The van der Waals surface area contributed by atoms with Gasteiger partial charge >= 0.3 is 0 Å². The number of fused-ring (bicyclic) bond motifs is 6. The first-order valence-corrected chi connectivity index (χ1v) is 15.0. The van der Waals surface area contributed by atoms with E-state index in [1.54, 1.807) is 23.2 Å². The van der Waals surface area contributed by atoms with Gasteiger partial charge in [0.2, 0.25) is 5.95 Å². The molecule has 3 aromatic carbocycles.